The number of hydrogen-bond acceptors (Lipinski definition) is 8. The first-order valence-corrected chi connectivity index (χ1v) is 11.5. The zero-order valence-electron chi connectivity index (χ0n) is 19.7. The molecule has 0 unspecified atom stereocenters. The van der Waals surface area contributed by atoms with Gasteiger partial charge in [-0.25, -0.2) is 0 Å². The van der Waals surface area contributed by atoms with E-state index in [1.54, 1.807) is 14.2 Å². The van der Waals surface area contributed by atoms with Gasteiger partial charge in [0.05, 0.1) is 33.1 Å². The summed E-state index contributed by atoms with van der Waals surface area (Å²) < 4.78 is 22.7. The van der Waals surface area contributed by atoms with Crippen LogP contribution in [-0.2, 0) is 16.0 Å². The van der Waals surface area contributed by atoms with Crippen molar-refractivity contribution in [2.75, 3.05) is 27.4 Å². The van der Waals surface area contributed by atoms with Gasteiger partial charge in [0.2, 0.25) is 5.75 Å². The Hall–Kier alpha value is -3.23. The van der Waals surface area contributed by atoms with Crippen LogP contribution in [0.5, 0.6) is 17.2 Å². The van der Waals surface area contributed by atoms with E-state index in [2.05, 4.69) is 21.7 Å². The van der Waals surface area contributed by atoms with Crippen LogP contribution in [0.4, 0.5) is 0 Å². The van der Waals surface area contributed by atoms with Crippen molar-refractivity contribution in [1.29, 1.82) is 0 Å². The van der Waals surface area contributed by atoms with E-state index in [-0.39, 0.29) is 5.97 Å². The third-order valence-electron chi connectivity index (χ3n) is 5.86. The van der Waals surface area contributed by atoms with Crippen molar-refractivity contribution in [1.82, 2.24) is 5.43 Å². The number of aryl methyl sites for hydroxylation is 1. The first-order chi connectivity index (χ1) is 16.1. The van der Waals surface area contributed by atoms with Gasteiger partial charge in [0.15, 0.2) is 11.5 Å². The zero-order valence-corrected chi connectivity index (χ0v) is 19.7. The third kappa shape index (κ3) is 5.77. The summed E-state index contributed by atoms with van der Waals surface area (Å²) in [5.74, 6) is 6.95. The molecular formula is C24H34N4O5. The van der Waals surface area contributed by atoms with Gasteiger partial charge in [-0.1, -0.05) is 0 Å². The van der Waals surface area contributed by atoms with Gasteiger partial charge in [-0.05, 0) is 74.6 Å². The van der Waals surface area contributed by atoms with Crippen LogP contribution in [0.1, 0.15) is 63.0 Å². The number of hydrazone groups is 2. The average Bonchev–Trinajstić information content (AvgIpc) is 3.24. The minimum atomic E-state index is -0.174. The number of benzene rings is 1. The van der Waals surface area contributed by atoms with Crippen molar-refractivity contribution >= 4 is 23.6 Å². The van der Waals surface area contributed by atoms with Gasteiger partial charge in [0.25, 0.3) is 0 Å². The van der Waals surface area contributed by atoms with Crippen LogP contribution in [0.25, 0.3) is 5.57 Å². The highest BCUT2D eigenvalue weighted by atomic mass is 16.5. The number of methoxy groups -OCH3 is 2. The number of nitrogens with two attached hydrogens (primary N) is 1. The van der Waals surface area contributed by atoms with Crippen LogP contribution in [-0.4, -0.2) is 45.5 Å². The largest absolute Gasteiger partial charge is 0.492 e. The minimum Gasteiger partial charge on any atom is -0.492 e. The molecule has 0 aliphatic heterocycles. The van der Waals surface area contributed by atoms with Gasteiger partial charge in [-0.15, -0.1) is 0 Å². The molecule has 33 heavy (non-hydrogen) atoms. The molecule has 1 aromatic carbocycles. The Morgan fingerprint density at radius 1 is 1.12 bits per heavy atom. The second-order valence-corrected chi connectivity index (χ2v) is 7.86. The molecule has 0 aromatic heterocycles. The lowest BCUT2D eigenvalue weighted by molar-refractivity contribution is -0.143. The van der Waals surface area contributed by atoms with Crippen LogP contribution in [0.3, 0.4) is 0 Å². The number of nitrogens with zero attached hydrogens (tertiary/aromatic N) is 2. The highest BCUT2D eigenvalue weighted by Gasteiger charge is 2.31. The van der Waals surface area contributed by atoms with Gasteiger partial charge in [-0.2, -0.15) is 10.2 Å². The molecule has 180 valence electrons. The summed E-state index contributed by atoms with van der Waals surface area (Å²) in [6, 6.07) is 2.06. The third-order valence-corrected chi connectivity index (χ3v) is 5.86. The van der Waals surface area contributed by atoms with E-state index in [4.69, 9.17) is 24.8 Å². The number of esters is 1. The zero-order chi connectivity index (χ0) is 23.6. The molecule has 0 amide bonds. The van der Waals surface area contributed by atoms with Crippen LogP contribution < -0.4 is 25.5 Å². The Morgan fingerprint density at radius 3 is 2.64 bits per heavy atom. The van der Waals surface area contributed by atoms with Crippen molar-refractivity contribution in [2.45, 2.75) is 58.3 Å². The predicted octanol–water partition coefficient (Wildman–Crippen LogP) is 3.55. The normalized spacial score (nSPS) is 16.4. The summed E-state index contributed by atoms with van der Waals surface area (Å²) in [6.07, 6.45) is 7.78. The highest BCUT2D eigenvalue weighted by Crippen LogP contribution is 2.50. The second kappa shape index (κ2) is 12.1. The SMILES string of the molecule is CCOC(=O)CCCCOc1cc2c(c(OC)c1OC)C1=C(CCC1)C(=NNC=NN)CC2. The van der Waals surface area contributed by atoms with Crippen LogP contribution in [0.15, 0.2) is 21.8 Å². The minimum absolute atomic E-state index is 0.174. The number of hydrogen-bond donors (Lipinski definition) is 2. The van der Waals surface area contributed by atoms with Gasteiger partial charge in [-0.3, -0.25) is 10.2 Å². The topological polar surface area (TPSA) is 117 Å². The molecule has 2 aliphatic carbocycles. The van der Waals surface area contributed by atoms with Crippen molar-refractivity contribution in [3.8, 4) is 17.2 Å². The number of fused-ring (bicyclic) bond motifs is 2. The van der Waals surface area contributed by atoms with Crippen molar-refractivity contribution < 1.29 is 23.7 Å². The molecule has 0 saturated carbocycles. The second-order valence-electron chi connectivity index (χ2n) is 7.86. The van der Waals surface area contributed by atoms with Crippen LogP contribution in [0.2, 0.25) is 0 Å². The Kier molecular flexibility index (Phi) is 8.97. The molecule has 1 aromatic rings. The summed E-state index contributed by atoms with van der Waals surface area (Å²) in [4.78, 5) is 11.5. The number of ether oxygens (including phenoxy) is 4. The lowest BCUT2D eigenvalue weighted by Gasteiger charge is -2.20. The van der Waals surface area contributed by atoms with E-state index >= 15 is 0 Å². The number of carbonyl (C=O) groups excluding carboxylic acids is 1. The van der Waals surface area contributed by atoms with Crippen molar-refractivity contribution in [3.05, 3.63) is 22.8 Å². The summed E-state index contributed by atoms with van der Waals surface area (Å²) in [5.41, 5.74) is 8.58. The fourth-order valence-corrected chi connectivity index (χ4v) is 4.48. The molecule has 0 atom stereocenters. The number of allylic oxidation sites excluding steroid dienone is 2. The van der Waals surface area contributed by atoms with Gasteiger partial charge < -0.3 is 24.8 Å². The highest BCUT2D eigenvalue weighted by molar-refractivity contribution is 6.09. The Morgan fingerprint density at radius 2 is 1.91 bits per heavy atom. The molecule has 0 radical (unpaired) electrons. The Bertz CT molecular complexity index is 939. The average molecular weight is 459 g/mol. The molecule has 9 nitrogen and oxygen atoms in total. The summed E-state index contributed by atoms with van der Waals surface area (Å²) in [7, 11) is 3.29. The van der Waals surface area contributed by atoms with Crippen LogP contribution in [0, 0.1) is 0 Å². The molecule has 3 rings (SSSR count). The van der Waals surface area contributed by atoms with E-state index in [0.29, 0.717) is 43.3 Å². The van der Waals surface area contributed by atoms with Gasteiger partial charge in [0, 0.05) is 12.0 Å². The lowest BCUT2D eigenvalue weighted by Crippen LogP contribution is -2.11. The molecule has 2 aliphatic rings. The van der Waals surface area contributed by atoms with E-state index in [0.717, 1.165) is 55.4 Å². The molecular weight excluding hydrogens is 424 g/mol. The first kappa shape index (κ1) is 24.4. The summed E-state index contributed by atoms with van der Waals surface area (Å²) in [6.45, 7) is 2.69. The molecule has 0 fully saturated rings. The van der Waals surface area contributed by atoms with E-state index in [1.165, 1.54) is 17.5 Å². The fraction of sp³-hybridized carbons (Fsp3) is 0.542. The van der Waals surface area contributed by atoms with Crippen molar-refractivity contribution in [3.63, 3.8) is 0 Å². The van der Waals surface area contributed by atoms with E-state index in [1.807, 2.05) is 6.92 Å². The monoisotopic (exact) mass is 458 g/mol. The molecule has 0 bridgehead atoms. The fourth-order valence-electron chi connectivity index (χ4n) is 4.48. The van der Waals surface area contributed by atoms with Gasteiger partial charge in [0.1, 0.15) is 6.34 Å². The van der Waals surface area contributed by atoms with Crippen LogP contribution >= 0.6 is 0 Å². The number of rotatable bonds is 11. The number of nitrogens with one attached hydrogen (secondary N) is 1. The maximum Gasteiger partial charge on any atom is 0.305 e. The maximum absolute atomic E-state index is 11.5. The Labute approximate surface area is 195 Å². The Balaban J connectivity index is 1.85. The molecule has 0 spiro atoms. The standard InChI is InChI=1S/C24H34N4O5/c1-4-32-21(29)10-5-6-13-33-20-14-16-11-12-19(28-27-15-26-25)17-8-7-9-18(17)22(16)24(31-3)23(20)30-2/h14-15H,4-13,25H2,1-3H3,(H,26,27). The van der Waals surface area contributed by atoms with Crippen molar-refractivity contribution in [2.24, 2.45) is 16.0 Å². The first-order valence-electron chi connectivity index (χ1n) is 11.5. The van der Waals surface area contributed by atoms with Gasteiger partial charge >= 0.3 is 5.97 Å². The molecule has 3 N–H and O–H groups in total. The quantitative estimate of drug-likeness (QED) is 0.130. The molecule has 0 heterocycles. The lowest BCUT2D eigenvalue weighted by atomic mass is 9.95. The number of carbonyl (C=O) groups is 1. The maximum atomic E-state index is 11.5. The predicted molar refractivity (Wildman–Crippen MR) is 128 cm³/mol. The smallest absolute Gasteiger partial charge is 0.305 e. The summed E-state index contributed by atoms with van der Waals surface area (Å²) in [5, 5.41) is 7.97. The van der Waals surface area contributed by atoms with E-state index < -0.39 is 0 Å². The molecule has 0 saturated heterocycles. The molecule has 9 heteroatoms. The number of unbranched alkanes of at least 4 members (excludes halogenated alkanes) is 1. The summed E-state index contributed by atoms with van der Waals surface area (Å²) >= 11 is 0. The van der Waals surface area contributed by atoms with E-state index in [9.17, 15) is 4.79 Å².